The molecular formula is C40H81NO7P+. The van der Waals surface area contributed by atoms with Gasteiger partial charge in [0.2, 0.25) is 0 Å². The number of ether oxygens (including phenoxy) is 2. The molecule has 0 bridgehead atoms. The van der Waals surface area contributed by atoms with Crippen molar-refractivity contribution in [3.63, 3.8) is 0 Å². The molecule has 0 aliphatic rings. The first-order valence-electron chi connectivity index (χ1n) is 20.4. The Morgan fingerprint density at radius 3 is 1.55 bits per heavy atom. The summed E-state index contributed by atoms with van der Waals surface area (Å²) in [6.45, 7) is 5.60. The largest absolute Gasteiger partial charge is 0.472 e. The molecule has 1 N–H and O–H groups in total. The zero-order valence-corrected chi connectivity index (χ0v) is 33.8. The zero-order valence-electron chi connectivity index (χ0n) is 32.9. The first kappa shape index (κ1) is 48.2. The Labute approximate surface area is 303 Å². The first-order valence-corrected chi connectivity index (χ1v) is 21.9. The van der Waals surface area contributed by atoms with Crippen LogP contribution in [0.15, 0.2) is 12.2 Å². The van der Waals surface area contributed by atoms with Crippen LogP contribution < -0.4 is 0 Å². The van der Waals surface area contributed by atoms with E-state index in [9.17, 15) is 14.3 Å². The molecule has 0 heterocycles. The van der Waals surface area contributed by atoms with Crippen molar-refractivity contribution in [2.75, 3.05) is 54.1 Å². The fourth-order valence-electron chi connectivity index (χ4n) is 5.61. The predicted molar refractivity (Wildman–Crippen MR) is 206 cm³/mol. The summed E-state index contributed by atoms with van der Waals surface area (Å²) in [5, 5.41) is 0. The maximum absolute atomic E-state index is 12.5. The minimum atomic E-state index is -4.26. The highest BCUT2D eigenvalue weighted by Crippen LogP contribution is 2.43. The monoisotopic (exact) mass is 719 g/mol. The van der Waals surface area contributed by atoms with Crippen molar-refractivity contribution >= 4 is 13.8 Å². The summed E-state index contributed by atoms with van der Waals surface area (Å²) in [6, 6.07) is 0. The van der Waals surface area contributed by atoms with Crippen LogP contribution in [0.3, 0.4) is 0 Å². The van der Waals surface area contributed by atoms with Crippen molar-refractivity contribution in [1.29, 1.82) is 0 Å². The highest BCUT2D eigenvalue weighted by Gasteiger charge is 2.26. The van der Waals surface area contributed by atoms with Gasteiger partial charge < -0.3 is 18.9 Å². The van der Waals surface area contributed by atoms with Gasteiger partial charge in [-0.05, 0) is 38.5 Å². The smallest absolute Gasteiger partial charge is 0.457 e. The Hall–Kier alpha value is -0.760. The number of unbranched alkanes of at least 4 members (excludes halogenated alkanes) is 22. The SMILES string of the molecule is CCCCCCCCC/C=C\CCCCCCCCCCOCC(COP(=O)(O)OCC[N+](C)(C)C)OC(=O)CCCCCCCCCC. The number of allylic oxidation sites excluding steroid dienone is 2. The predicted octanol–water partition coefficient (Wildman–Crippen LogP) is 11.5. The van der Waals surface area contributed by atoms with Crippen molar-refractivity contribution in [3.05, 3.63) is 12.2 Å². The zero-order chi connectivity index (χ0) is 36.3. The normalized spacial score (nSPS) is 14.0. The summed E-state index contributed by atoms with van der Waals surface area (Å²) in [5.74, 6) is -0.318. The van der Waals surface area contributed by atoms with Crippen LogP contribution >= 0.6 is 7.82 Å². The van der Waals surface area contributed by atoms with E-state index in [1.807, 2.05) is 21.1 Å². The van der Waals surface area contributed by atoms with Crippen molar-refractivity contribution in [2.24, 2.45) is 0 Å². The molecule has 0 radical (unpaired) electrons. The fraction of sp³-hybridized carbons (Fsp3) is 0.925. The lowest BCUT2D eigenvalue weighted by Crippen LogP contribution is -2.37. The van der Waals surface area contributed by atoms with Crippen molar-refractivity contribution < 1.29 is 37.3 Å². The number of phosphoric ester groups is 1. The van der Waals surface area contributed by atoms with Gasteiger partial charge in [0.1, 0.15) is 19.3 Å². The number of rotatable bonds is 38. The summed E-state index contributed by atoms with van der Waals surface area (Å²) >= 11 is 0. The van der Waals surface area contributed by atoms with Crippen molar-refractivity contribution in [3.8, 4) is 0 Å². The van der Waals surface area contributed by atoms with E-state index in [1.165, 1.54) is 128 Å². The van der Waals surface area contributed by atoms with Crippen LogP contribution in [0.1, 0.15) is 181 Å². The summed E-state index contributed by atoms with van der Waals surface area (Å²) < 4.78 is 34.8. The topological polar surface area (TPSA) is 91.3 Å². The third-order valence-electron chi connectivity index (χ3n) is 8.83. The van der Waals surface area contributed by atoms with Gasteiger partial charge in [-0.2, -0.15) is 0 Å². The van der Waals surface area contributed by atoms with Gasteiger partial charge in [0.15, 0.2) is 0 Å². The second kappa shape index (κ2) is 34.3. The quantitative estimate of drug-likeness (QED) is 0.0223. The van der Waals surface area contributed by atoms with Gasteiger partial charge in [0, 0.05) is 13.0 Å². The van der Waals surface area contributed by atoms with Crippen LogP contribution in [0.2, 0.25) is 0 Å². The van der Waals surface area contributed by atoms with E-state index in [0.717, 1.165) is 32.1 Å². The number of phosphoric acid groups is 1. The standard InChI is InChI=1S/C40H80NO7P/c1-6-8-10-12-14-16-17-18-19-20-21-22-23-24-25-26-28-30-32-35-45-37-39(38-47-49(43,44)46-36-34-41(3,4)5)48-40(42)33-31-29-27-15-13-11-9-7-2/h19-20,39H,6-18,21-38H2,1-5H3/p+1/b20-19-. The average Bonchev–Trinajstić information content (AvgIpc) is 3.04. The molecule has 0 amide bonds. The number of carbonyl (C=O) groups is 1. The van der Waals surface area contributed by atoms with Crippen molar-refractivity contribution in [2.45, 2.75) is 187 Å². The lowest BCUT2D eigenvalue weighted by molar-refractivity contribution is -0.870. The number of carbonyl (C=O) groups excluding carboxylic acids is 1. The molecule has 0 aromatic heterocycles. The molecule has 0 aromatic rings. The Balaban J connectivity index is 4.13. The Bertz CT molecular complexity index is 802. The molecule has 0 saturated heterocycles. The molecule has 9 heteroatoms. The number of hydrogen-bond acceptors (Lipinski definition) is 6. The number of nitrogens with zero attached hydrogens (tertiary/aromatic N) is 1. The van der Waals surface area contributed by atoms with E-state index in [-0.39, 0.29) is 25.8 Å². The fourth-order valence-corrected chi connectivity index (χ4v) is 6.35. The molecule has 2 unspecified atom stereocenters. The van der Waals surface area contributed by atoms with Crippen LogP contribution in [0.4, 0.5) is 0 Å². The summed E-state index contributed by atoms with van der Waals surface area (Å²) in [6.07, 6.45) is 35.4. The van der Waals surface area contributed by atoms with Crippen molar-refractivity contribution in [1.82, 2.24) is 0 Å². The molecular weight excluding hydrogens is 637 g/mol. The Morgan fingerprint density at radius 1 is 0.612 bits per heavy atom. The van der Waals surface area contributed by atoms with Gasteiger partial charge in [-0.1, -0.05) is 148 Å². The van der Waals surface area contributed by atoms with E-state index < -0.39 is 13.9 Å². The lowest BCUT2D eigenvalue weighted by Gasteiger charge is -2.24. The molecule has 2 atom stereocenters. The summed E-state index contributed by atoms with van der Waals surface area (Å²) in [4.78, 5) is 22.7. The Kier molecular flexibility index (Phi) is 33.8. The number of hydrogen-bond donors (Lipinski definition) is 1. The third-order valence-corrected chi connectivity index (χ3v) is 9.81. The van der Waals surface area contributed by atoms with Crippen LogP contribution in [-0.4, -0.2) is 75.6 Å². The molecule has 292 valence electrons. The number of quaternary nitrogens is 1. The van der Waals surface area contributed by atoms with E-state index in [1.54, 1.807) is 0 Å². The van der Waals surface area contributed by atoms with Crippen LogP contribution in [0.25, 0.3) is 0 Å². The summed E-state index contributed by atoms with van der Waals surface area (Å²) in [7, 11) is 1.67. The van der Waals surface area contributed by atoms with Gasteiger partial charge in [-0.25, -0.2) is 4.57 Å². The van der Waals surface area contributed by atoms with Crippen LogP contribution in [0.5, 0.6) is 0 Å². The highest BCUT2D eigenvalue weighted by molar-refractivity contribution is 7.47. The molecule has 0 rings (SSSR count). The molecule has 0 fully saturated rings. The molecule has 0 aliphatic heterocycles. The maximum atomic E-state index is 12.5. The lowest BCUT2D eigenvalue weighted by atomic mass is 10.1. The first-order chi connectivity index (χ1) is 23.6. The van der Waals surface area contributed by atoms with Crippen LogP contribution in [0, 0.1) is 0 Å². The van der Waals surface area contributed by atoms with Gasteiger partial charge in [-0.3, -0.25) is 13.8 Å². The second-order valence-corrected chi connectivity index (χ2v) is 16.5. The third kappa shape index (κ3) is 38.3. The van der Waals surface area contributed by atoms with Gasteiger partial charge in [0.05, 0.1) is 34.4 Å². The molecule has 8 nitrogen and oxygen atoms in total. The highest BCUT2D eigenvalue weighted by atomic mass is 31.2. The average molecular weight is 719 g/mol. The minimum Gasteiger partial charge on any atom is -0.457 e. The van der Waals surface area contributed by atoms with E-state index >= 15 is 0 Å². The molecule has 0 saturated carbocycles. The van der Waals surface area contributed by atoms with Crippen LogP contribution in [-0.2, 0) is 27.9 Å². The van der Waals surface area contributed by atoms with Gasteiger partial charge >= 0.3 is 13.8 Å². The maximum Gasteiger partial charge on any atom is 0.472 e. The Morgan fingerprint density at radius 2 is 1.06 bits per heavy atom. The molecule has 0 aliphatic carbocycles. The van der Waals surface area contributed by atoms with E-state index in [2.05, 4.69) is 26.0 Å². The molecule has 0 spiro atoms. The molecule has 49 heavy (non-hydrogen) atoms. The summed E-state index contributed by atoms with van der Waals surface area (Å²) in [5.41, 5.74) is 0. The van der Waals surface area contributed by atoms with E-state index in [0.29, 0.717) is 24.1 Å². The number of likely N-dealkylation sites (N-methyl/N-ethyl adjacent to an activating group) is 1. The van der Waals surface area contributed by atoms with Gasteiger partial charge in [-0.15, -0.1) is 0 Å². The second-order valence-electron chi connectivity index (χ2n) is 15.0. The van der Waals surface area contributed by atoms with Gasteiger partial charge in [0.25, 0.3) is 0 Å². The molecule has 0 aromatic carbocycles. The number of esters is 1. The minimum absolute atomic E-state index is 0.0907. The van der Waals surface area contributed by atoms with E-state index in [4.69, 9.17) is 18.5 Å².